The molecular weight excluding hydrogens is 292 g/mol. The van der Waals surface area contributed by atoms with Crippen molar-refractivity contribution in [3.05, 3.63) is 30.0 Å². The van der Waals surface area contributed by atoms with Crippen molar-refractivity contribution in [2.75, 3.05) is 12.9 Å². The standard InChI is InChI=1S/C14H18N2O4S/c1-10(14(17)20-3)8-21(18,19)9-12-11-6-4-5-7-13(11)16(2)15-12/h4-7,10H,8-9H2,1-3H3. The van der Waals surface area contributed by atoms with E-state index in [2.05, 4.69) is 9.84 Å². The lowest BCUT2D eigenvalue weighted by Gasteiger charge is -2.09. The molecule has 1 aromatic heterocycles. The predicted molar refractivity (Wildman–Crippen MR) is 79.4 cm³/mol. The summed E-state index contributed by atoms with van der Waals surface area (Å²) in [5.74, 6) is -1.64. The molecule has 1 aromatic carbocycles. The van der Waals surface area contributed by atoms with Gasteiger partial charge >= 0.3 is 5.97 Å². The van der Waals surface area contributed by atoms with Gasteiger partial charge in [-0.25, -0.2) is 8.42 Å². The molecule has 0 aliphatic heterocycles. The van der Waals surface area contributed by atoms with E-state index in [1.165, 1.54) is 7.11 Å². The molecule has 0 amide bonds. The number of rotatable bonds is 5. The minimum Gasteiger partial charge on any atom is -0.469 e. The molecule has 7 heteroatoms. The molecule has 2 rings (SSSR count). The zero-order valence-electron chi connectivity index (χ0n) is 12.2. The number of aromatic nitrogens is 2. The van der Waals surface area contributed by atoms with Gasteiger partial charge in [-0.3, -0.25) is 9.48 Å². The smallest absolute Gasteiger partial charge is 0.309 e. The highest BCUT2D eigenvalue weighted by atomic mass is 32.2. The van der Waals surface area contributed by atoms with Crippen LogP contribution in [0, 0.1) is 5.92 Å². The maximum absolute atomic E-state index is 12.2. The summed E-state index contributed by atoms with van der Waals surface area (Å²) in [6.45, 7) is 1.54. The molecule has 0 aliphatic carbocycles. The number of benzene rings is 1. The van der Waals surface area contributed by atoms with Crippen LogP contribution < -0.4 is 0 Å². The second-order valence-corrected chi connectivity index (χ2v) is 7.18. The fourth-order valence-corrected chi connectivity index (χ4v) is 3.96. The summed E-state index contributed by atoms with van der Waals surface area (Å²) in [4.78, 5) is 11.4. The number of ether oxygens (including phenoxy) is 1. The molecule has 0 aliphatic rings. The number of esters is 1. The van der Waals surface area contributed by atoms with Crippen molar-refractivity contribution in [1.82, 2.24) is 9.78 Å². The first-order valence-corrected chi connectivity index (χ1v) is 8.35. The Bertz CT molecular complexity index is 764. The number of hydrogen-bond acceptors (Lipinski definition) is 5. The fourth-order valence-electron chi connectivity index (χ4n) is 2.31. The Morgan fingerprint density at radius 3 is 2.71 bits per heavy atom. The Kier molecular flexibility index (Phi) is 4.32. The highest BCUT2D eigenvalue weighted by Crippen LogP contribution is 2.20. The lowest BCUT2D eigenvalue weighted by molar-refractivity contribution is -0.144. The number of hydrogen-bond donors (Lipinski definition) is 0. The summed E-state index contributed by atoms with van der Waals surface area (Å²) in [6.07, 6.45) is 0. The van der Waals surface area contributed by atoms with Crippen LogP contribution in [0.25, 0.3) is 10.9 Å². The third-order valence-corrected chi connectivity index (χ3v) is 5.02. The van der Waals surface area contributed by atoms with Gasteiger partial charge in [0.25, 0.3) is 0 Å². The summed E-state index contributed by atoms with van der Waals surface area (Å²) in [6, 6.07) is 7.45. The van der Waals surface area contributed by atoms with Gasteiger partial charge in [0, 0.05) is 12.4 Å². The molecule has 0 fully saturated rings. The van der Waals surface area contributed by atoms with Gasteiger partial charge in [0.05, 0.1) is 35.7 Å². The number of fused-ring (bicyclic) bond motifs is 1. The molecule has 0 saturated carbocycles. The maximum atomic E-state index is 12.2. The van der Waals surface area contributed by atoms with Crippen molar-refractivity contribution in [1.29, 1.82) is 0 Å². The van der Waals surface area contributed by atoms with Gasteiger partial charge in [0.15, 0.2) is 9.84 Å². The minimum absolute atomic E-state index is 0.185. The van der Waals surface area contributed by atoms with Gasteiger partial charge in [-0.1, -0.05) is 25.1 Å². The van der Waals surface area contributed by atoms with Crippen molar-refractivity contribution in [2.24, 2.45) is 13.0 Å². The molecule has 2 aromatic rings. The van der Waals surface area contributed by atoms with Crippen LogP contribution in [0.2, 0.25) is 0 Å². The van der Waals surface area contributed by atoms with Crippen LogP contribution in [0.4, 0.5) is 0 Å². The highest BCUT2D eigenvalue weighted by Gasteiger charge is 2.24. The van der Waals surface area contributed by atoms with Gasteiger partial charge in [-0.2, -0.15) is 5.10 Å². The first kappa shape index (κ1) is 15.5. The van der Waals surface area contributed by atoms with E-state index in [0.29, 0.717) is 5.69 Å². The second kappa shape index (κ2) is 5.85. The van der Waals surface area contributed by atoms with Gasteiger partial charge < -0.3 is 4.74 Å². The molecule has 0 radical (unpaired) electrons. The van der Waals surface area contributed by atoms with Gasteiger partial charge in [-0.05, 0) is 6.07 Å². The van der Waals surface area contributed by atoms with Gasteiger partial charge in [0.2, 0.25) is 0 Å². The number of nitrogens with zero attached hydrogens (tertiary/aromatic N) is 2. The topological polar surface area (TPSA) is 78.3 Å². The van der Waals surface area contributed by atoms with E-state index < -0.39 is 21.7 Å². The lowest BCUT2D eigenvalue weighted by Crippen LogP contribution is -2.23. The van der Waals surface area contributed by atoms with Crippen LogP contribution in [0.3, 0.4) is 0 Å². The Morgan fingerprint density at radius 2 is 2.05 bits per heavy atom. The van der Waals surface area contributed by atoms with E-state index >= 15 is 0 Å². The fraction of sp³-hybridized carbons (Fsp3) is 0.429. The van der Waals surface area contributed by atoms with Gasteiger partial charge in [-0.15, -0.1) is 0 Å². The molecule has 1 heterocycles. The Hall–Kier alpha value is -1.89. The molecule has 1 unspecified atom stereocenters. The molecule has 21 heavy (non-hydrogen) atoms. The number of sulfone groups is 1. The summed E-state index contributed by atoms with van der Waals surface area (Å²) >= 11 is 0. The third kappa shape index (κ3) is 3.41. The molecule has 0 N–H and O–H groups in total. The number of aryl methyl sites for hydroxylation is 1. The van der Waals surface area contributed by atoms with E-state index in [-0.39, 0.29) is 11.5 Å². The van der Waals surface area contributed by atoms with E-state index in [1.807, 2.05) is 24.3 Å². The summed E-state index contributed by atoms with van der Waals surface area (Å²) < 4.78 is 30.7. The van der Waals surface area contributed by atoms with Crippen molar-refractivity contribution >= 4 is 26.7 Å². The lowest BCUT2D eigenvalue weighted by atomic mass is 10.2. The quantitative estimate of drug-likeness (QED) is 0.778. The highest BCUT2D eigenvalue weighted by molar-refractivity contribution is 7.90. The first-order chi connectivity index (χ1) is 9.84. The predicted octanol–water partition coefficient (Wildman–Crippen LogP) is 1.30. The summed E-state index contributed by atoms with van der Waals surface area (Å²) in [5, 5.41) is 5.08. The van der Waals surface area contributed by atoms with E-state index in [4.69, 9.17) is 0 Å². The summed E-state index contributed by atoms with van der Waals surface area (Å²) in [5.41, 5.74) is 1.38. The maximum Gasteiger partial charge on any atom is 0.309 e. The van der Waals surface area contributed by atoms with Crippen LogP contribution in [0.15, 0.2) is 24.3 Å². The Morgan fingerprint density at radius 1 is 1.38 bits per heavy atom. The number of para-hydroxylation sites is 1. The van der Waals surface area contributed by atoms with Gasteiger partial charge in [0.1, 0.15) is 0 Å². The van der Waals surface area contributed by atoms with Crippen LogP contribution >= 0.6 is 0 Å². The average Bonchev–Trinajstić information content (AvgIpc) is 2.74. The minimum atomic E-state index is -3.44. The number of methoxy groups -OCH3 is 1. The SMILES string of the molecule is COC(=O)C(C)CS(=O)(=O)Cc1nn(C)c2ccccc12. The molecule has 0 spiro atoms. The molecule has 1 atom stereocenters. The number of carbonyl (C=O) groups is 1. The largest absolute Gasteiger partial charge is 0.469 e. The first-order valence-electron chi connectivity index (χ1n) is 6.53. The molecular formula is C14H18N2O4S. The van der Waals surface area contributed by atoms with Crippen LogP contribution in [0.1, 0.15) is 12.6 Å². The van der Waals surface area contributed by atoms with Crippen LogP contribution in [-0.4, -0.2) is 37.0 Å². The van der Waals surface area contributed by atoms with E-state index in [0.717, 1.165) is 10.9 Å². The van der Waals surface area contributed by atoms with Crippen molar-refractivity contribution in [3.63, 3.8) is 0 Å². The Labute approximate surface area is 123 Å². The zero-order valence-corrected chi connectivity index (χ0v) is 13.1. The van der Waals surface area contributed by atoms with Crippen molar-refractivity contribution < 1.29 is 17.9 Å². The van der Waals surface area contributed by atoms with Crippen LogP contribution in [0.5, 0.6) is 0 Å². The average molecular weight is 310 g/mol. The molecule has 0 bridgehead atoms. The van der Waals surface area contributed by atoms with Crippen molar-refractivity contribution in [2.45, 2.75) is 12.7 Å². The normalized spacial score (nSPS) is 13.3. The van der Waals surface area contributed by atoms with E-state index in [1.54, 1.807) is 18.7 Å². The third-order valence-electron chi connectivity index (χ3n) is 3.30. The summed E-state index contributed by atoms with van der Waals surface area (Å²) in [7, 11) is -0.423. The number of carbonyl (C=O) groups excluding carboxylic acids is 1. The Balaban J connectivity index is 2.25. The molecule has 6 nitrogen and oxygen atoms in total. The monoisotopic (exact) mass is 310 g/mol. The van der Waals surface area contributed by atoms with Crippen molar-refractivity contribution in [3.8, 4) is 0 Å². The molecule has 114 valence electrons. The molecule has 0 saturated heterocycles. The van der Waals surface area contributed by atoms with Crippen LogP contribution in [-0.2, 0) is 32.2 Å². The second-order valence-electron chi connectivity index (χ2n) is 5.07. The zero-order chi connectivity index (χ0) is 15.6. The van der Waals surface area contributed by atoms with E-state index in [9.17, 15) is 13.2 Å².